The summed E-state index contributed by atoms with van der Waals surface area (Å²) in [6.07, 6.45) is 5.13. The SMILES string of the molecule is O=C(NCCCc1nc(-c2ccncc2)cs1)c1ccc(Cl)cc1Cl. The van der Waals surface area contributed by atoms with Crippen molar-refractivity contribution in [3.05, 3.63) is 68.7 Å². The Hall–Kier alpha value is -1.95. The molecular weight excluding hydrogens is 377 g/mol. The molecule has 0 spiro atoms. The van der Waals surface area contributed by atoms with E-state index in [2.05, 4.69) is 15.3 Å². The van der Waals surface area contributed by atoms with E-state index in [4.69, 9.17) is 23.2 Å². The minimum Gasteiger partial charge on any atom is -0.352 e. The van der Waals surface area contributed by atoms with Gasteiger partial charge >= 0.3 is 0 Å². The number of amides is 1. The second kappa shape index (κ2) is 8.43. The van der Waals surface area contributed by atoms with Crippen LogP contribution < -0.4 is 5.32 Å². The van der Waals surface area contributed by atoms with E-state index < -0.39 is 0 Å². The minimum absolute atomic E-state index is 0.196. The summed E-state index contributed by atoms with van der Waals surface area (Å²) >= 11 is 13.5. The van der Waals surface area contributed by atoms with Gasteiger partial charge in [-0.1, -0.05) is 23.2 Å². The molecule has 3 rings (SSSR count). The lowest BCUT2D eigenvalue weighted by Crippen LogP contribution is -2.25. The maximum Gasteiger partial charge on any atom is 0.252 e. The van der Waals surface area contributed by atoms with Gasteiger partial charge < -0.3 is 5.32 Å². The molecule has 1 aromatic carbocycles. The fourth-order valence-electron chi connectivity index (χ4n) is 2.29. The molecule has 2 aromatic heterocycles. The van der Waals surface area contributed by atoms with Crippen molar-refractivity contribution in [3.8, 4) is 11.3 Å². The monoisotopic (exact) mass is 391 g/mol. The van der Waals surface area contributed by atoms with E-state index in [1.165, 1.54) is 0 Å². The van der Waals surface area contributed by atoms with Crippen LogP contribution in [0.1, 0.15) is 21.8 Å². The molecule has 0 saturated heterocycles. The number of aromatic nitrogens is 2. The molecule has 0 atom stereocenters. The van der Waals surface area contributed by atoms with Crippen molar-refractivity contribution >= 4 is 40.4 Å². The van der Waals surface area contributed by atoms with Gasteiger partial charge in [0, 0.05) is 41.3 Å². The van der Waals surface area contributed by atoms with Gasteiger partial charge in [-0.2, -0.15) is 0 Å². The molecule has 128 valence electrons. The Balaban J connectivity index is 1.49. The number of aryl methyl sites for hydroxylation is 1. The molecule has 3 aromatic rings. The maximum absolute atomic E-state index is 12.1. The maximum atomic E-state index is 12.1. The number of benzene rings is 1. The van der Waals surface area contributed by atoms with Crippen LogP contribution in [0.5, 0.6) is 0 Å². The summed E-state index contributed by atoms with van der Waals surface area (Å²) < 4.78 is 0. The zero-order chi connectivity index (χ0) is 17.6. The van der Waals surface area contributed by atoms with Crippen LogP contribution in [-0.2, 0) is 6.42 Å². The Kier molecular flexibility index (Phi) is 6.02. The molecule has 0 aliphatic carbocycles. The molecule has 7 heteroatoms. The number of nitrogens with zero attached hydrogens (tertiary/aromatic N) is 2. The largest absolute Gasteiger partial charge is 0.352 e. The topological polar surface area (TPSA) is 54.9 Å². The predicted octanol–water partition coefficient (Wildman–Crippen LogP) is 4.87. The van der Waals surface area contributed by atoms with Gasteiger partial charge in [0.1, 0.15) is 0 Å². The molecule has 25 heavy (non-hydrogen) atoms. The quantitative estimate of drug-likeness (QED) is 0.609. The second-order valence-corrected chi connectivity index (χ2v) is 7.13. The van der Waals surface area contributed by atoms with Crippen molar-refractivity contribution in [2.75, 3.05) is 6.54 Å². The molecule has 0 bridgehead atoms. The van der Waals surface area contributed by atoms with Crippen molar-refractivity contribution in [1.82, 2.24) is 15.3 Å². The molecule has 1 N–H and O–H groups in total. The number of hydrogen-bond donors (Lipinski definition) is 1. The van der Waals surface area contributed by atoms with E-state index in [1.54, 1.807) is 41.9 Å². The van der Waals surface area contributed by atoms with Gasteiger partial charge in [0.25, 0.3) is 5.91 Å². The fourth-order valence-corrected chi connectivity index (χ4v) is 3.64. The number of carbonyl (C=O) groups excluding carboxylic acids is 1. The Morgan fingerprint density at radius 1 is 1.16 bits per heavy atom. The molecule has 0 fully saturated rings. The summed E-state index contributed by atoms with van der Waals surface area (Å²) in [6, 6.07) is 8.72. The Morgan fingerprint density at radius 3 is 2.72 bits per heavy atom. The highest BCUT2D eigenvalue weighted by Crippen LogP contribution is 2.22. The molecule has 4 nitrogen and oxygen atoms in total. The van der Waals surface area contributed by atoms with Crippen molar-refractivity contribution in [3.63, 3.8) is 0 Å². The lowest BCUT2D eigenvalue weighted by molar-refractivity contribution is 0.0953. The molecule has 0 saturated carbocycles. The number of hydrogen-bond acceptors (Lipinski definition) is 4. The standard InChI is InChI=1S/C18H15Cl2N3OS/c19-13-3-4-14(15(20)10-13)18(24)22-7-1-2-17-23-16(11-25-17)12-5-8-21-9-6-12/h3-6,8-11H,1-2,7H2,(H,22,24). The van der Waals surface area contributed by atoms with Crippen LogP contribution in [0.15, 0.2) is 48.1 Å². The van der Waals surface area contributed by atoms with E-state index in [0.29, 0.717) is 22.2 Å². The van der Waals surface area contributed by atoms with Crippen LogP contribution in [0, 0.1) is 0 Å². The molecular formula is C18H15Cl2N3OS. The minimum atomic E-state index is -0.196. The van der Waals surface area contributed by atoms with Gasteiger partial charge in [0.15, 0.2) is 0 Å². The van der Waals surface area contributed by atoms with Crippen molar-refractivity contribution in [2.24, 2.45) is 0 Å². The van der Waals surface area contributed by atoms with E-state index in [-0.39, 0.29) is 5.91 Å². The third kappa shape index (κ3) is 4.78. The first-order valence-corrected chi connectivity index (χ1v) is 9.35. The van der Waals surface area contributed by atoms with Gasteiger partial charge in [0.05, 0.1) is 21.3 Å². The molecule has 1 amide bonds. The van der Waals surface area contributed by atoms with E-state index >= 15 is 0 Å². The van der Waals surface area contributed by atoms with E-state index in [0.717, 1.165) is 29.1 Å². The van der Waals surface area contributed by atoms with Crippen LogP contribution in [0.4, 0.5) is 0 Å². The van der Waals surface area contributed by atoms with Crippen molar-refractivity contribution in [1.29, 1.82) is 0 Å². The third-order valence-corrected chi connectivity index (χ3v) is 5.01. The van der Waals surface area contributed by atoms with Crippen LogP contribution in [0.25, 0.3) is 11.3 Å². The van der Waals surface area contributed by atoms with E-state index in [1.807, 2.05) is 17.5 Å². The molecule has 0 aliphatic heterocycles. The predicted molar refractivity (Wildman–Crippen MR) is 102 cm³/mol. The van der Waals surface area contributed by atoms with Gasteiger partial charge in [0.2, 0.25) is 0 Å². The fraction of sp³-hybridized carbons (Fsp3) is 0.167. The Morgan fingerprint density at radius 2 is 1.96 bits per heavy atom. The average molecular weight is 392 g/mol. The zero-order valence-corrected chi connectivity index (χ0v) is 15.5. The van der Waals surface area contributed by atoms with Crippen LogP contribution in [-0.4, -0.2) is 22.4 Å². The summed E-state index contributed by atoms with van der Waals surface area (Å²) in [7, 11) is 0. The first-order chi connectivity index (χ1) is 12.1. The highest BCUT2D eigenvalue weighted by Gasteiger charge is 2.10. The normalized spacial score (nSPS) is 10.6. The lowest BCUT2D eigenvalue weighted by Gasteiger charge is -2.06. The number of rotatable bonds is 6. The second-order valence-electron chi connectivity index (χ2n) is 5.35. The number of nitrogens with one attached hydrogen (secondary N) is 1. The van der Waals surface area contributed by atoms with Gasteiger partial charge in [-0.25, -0.2) is 4.98 Å². The van der Waals surface area contributed by atoms with Crippen LogP contribution in [0.3, 0.4) is 0 Å². The highest BCUT2D eigenvalue weighted by atomic mass is 35.5. The van der Waals surface area contributed by atoms with Crippen molar-refractivity contribution < 1.29 is 4.79 Å². The first kappa shape index (κ1) is 17.9. The van der Waals surface area contributed by atoms with Crippen LogP contribution in [0.2, 0.25) is 10.0 Å². The van der Waals surface area contributed by atoms with Gasteiger partial charge in [-0.05, 0) is 36.8 Å². The summed E-state index contributed by atoms with van der Waals surface area (Å²) in [4.78, 5) is 20.8. The van der Waals surface area contributed by atoms with Gasteiger partial charge in [-0.3, -0.25) is 9.78 Å². The summed E-state index contributed by atoms with van der Waals surface area (Å²) in [6.45, 7) is 0.557. The number of carbonyl (C=O) groups is 1. The smallest absolute Gasteiger partial charge is 0.252 e. The van der Waals surface area contributed by atoms with Crippen molar-refractivity contribution in [2.45, 2.75) is 12.8 Å². The Bertz CT molecular complexity index is 868. The molecule has 2 heterocycles. The molecule has 0 radical (unpaired) electrons. The Labute approximate surface area is 159 Å². The molecule has 0 unspecified atom stereocenters. The first-order valence-electron chi connectivity index (χ1n) is 7.71. The highest BCUT2D eigenvalue weighted by molar-refractivity contribution is 7.09. The molecule has 0 aliphatic rings. The number of thiazole rings is 1. The number of pyridine rings is 1. The average Bonchev–Trinajstić information content (AvgIpc) is 3.08. The number of halogens is 2. The lowest BCUT2D eigenvalue weighted by atomic mass is 10.2. The van der Waals surface area contributed by atoms with E-state index in [9.17, 15) is 4.79 Å². The summed E-state index contributed by atoms with van der Waals surface area (Å²) in [5, 5.41) is 6.82. The summed E-state index contributed by atoms with van der Waals surface area (Å²) in [5.74, 6) is -0.196. The summed E-state index contributed by atoms with van der Waals surface area (Å²) in [5.41, 5.74) is 2.45. The van der Waals surface area contributed by atoms with Gasteiger partial charge in [-0.15, -0.1) is 11.3 Å². The van der Waals surface area contributed by atoms with Crippen LogP contribution >= 0.6 is 34.5 Å². The third-order valence-electron chi connectivity index (χ3n) is 3.56. The zero-order valence-electron chi connectivity index (χ0n) is 13.2.